The lowest BCUT2D eigenvalue weighted by molar-refractivity contribution is 0.0539. The zero-order valence-electron chi connectivity index (χ0n) is 13.7. The summed E-state index contributed by atoms with van der Waals surface area (Å²) in [5, 5.41) is 11.1. The van der Waals surface area contributed by atoms with E-state index in [1.807, 2.05) is 24.3 Å². The molecular weight excluding hydrogens is 306 g/mol. The van der Waals surface area contributed by atoms with Gasteiger partial charge in [0, 0.05) is 17.7 Å². The molecule has 2 aliphatic heterocycles. The maximum atomic E-state index is 11.1. The van der Waals surface area contributed by atoms with Crippen molar-refractivity contribution in [3.05, 3.63) is 41.0 Å². The Morgan fingerprint density at radius 2 is 2.00 bits per heavy atom. The molecule has 1 N–H and O–H groups in total. The van der Waals surface area contributed by atoms with Crippen LogP contribution in [-0.4, -0.2) is 37.5 Å². The largest absolute Gasteiger partial charge is 0.492 e. The van der Waals surface area contributed by atoms with Gasteiger partial charge in [-0.1, -0.05) is 24.3 Å². The molecule has 24 heavy (non-hydrogen) atoms. The van der Waals surface area contributed by atoms with Crippen molar-refractivity contribution in [1.82, 2.24) is 4.90 Å². The molecule has 5 nitrogen and oxygen atoms in total. The topological polar surface area (TPSA) is 51.2 Å². The van der Waals surface area contributed by atoms with Gasteiger partial charge in [0.2, 0.25) is 12.5 Å². The van der Waals surface area contributed by atoms with Crippen LogP contribution >= 0.6 is 0 Å². The molecule has 0 spiro atoms. The highest BCUT2D eigenvalue weighted by atomic mass is 16.7. The first kappa shape index (κ1) is 14.1. The molecule has 2 aromatic carbocycles. The second kappa shape index (κ2) is 4.88. The summed E-state index contributed by atoms with van der Waals surface area (Å²) in [7, 11) is 3.73. The highest BCUT2D eigenvalue weighted by Gasteiger charge is 2.44. The standard InChI is InChI=1S/C19H19NO4/c1-20-8-7-12-13-14(18-19(17(12)22-2)24-9-23-18)10-5-3-4-6-11(10)16(21)15(13)20/h3-6,15-16,21H,7-9H2,1-2H3/t15-,16-/m1/s1. The quantitative estimate of drug-likeness (QED) is 0.873. The average Bonchev–Trinajstić information content (AvgIpc) is 3.08. The van der Waals surface area contributed by atoms with Crippen molar-refractivity contribution >= 4 is 0 Å². The summed E-state index contributed by atoms with van der Waals surface area (Å²) in [5.41, 5.74) is 5.27. The van der Waals surface area contributed by atoms with Gasteiger partial charge in [0.15, 0.2) is 11.5 Å². The van der Waals surface area contributed by atoms with Crippen LogP contribution < -0.4 is 14.2 Å². The van der Waals surface area contributed by atoms with Gasteiger partial charge in [-0.3, -0.25) is 4.90 Å². The second-order valence-electron chi connectivity index (χ2n) is 6.57. The Labute approximate surface area is 140 Å². The van der Waals surface area contributed by atoms with E-state index in [0.717, 1.165) is 52.3 Å². The lowest BCUT2D eigenvalue weighted by Crippen LogP contribution is -2.38. The normalized spacial score (nSPS) is 23.6. The van der Waals surface area contributed by atoms with Gasteiger partial charge in [0.05, 0.1) is 19.3 Å². The highest BCUT2D eigenvalue weighted by Crippen LogP contribution is 2.60. The molecule has 5 heteroatoms. The Balaban J connectivity index is 1.93. The van der Waals surface area contributed by atoms with Crippen molar-refractivity contribution in [2.24, 2.45) is 0 Å². The lowest BCUT2D eigenvalue weighted by atomic mass is 9.75. The molecule has 3 aliphatic rings. The van der Waals surface area contributed by atoms with Crippen LogP contribution in [0.5, 0.6) is 17.2 Å². The number of fused-ring (bicyclic) bond motifs is 4. The molecule has 1 aliphatic carbocycles. The van der Waals surface area contributed by atoms with Crippen molar-refractivity contribution in [3.8, 4) is 28.4 Å². The van der Waals surface area contributed by atoms with Gasteiger partial charge in [-0.15, -0.1) is 0 Å². The number of benzene rings is 2. The van der Waals surface area contributed by atoms with Crippen LogP contribution in [0.25, 0.3) is 11.1 Å². The third-order valence-corrected chi connectivity index (χ3v) is 5.45. The fourth-order valence-corrected chi connectivity index (χ4v) is 4.42. The molecule has 5 rings (SSSR count). The zero-order valence-corrected chi connectivity index (χ0v) is 13.7. The summed E-state index contributed by atoms with van der Waals surface area (Å²) in [6.45, 7) is 1.07. The SMILES string of the molecule is COc1c2c3c(c4c1OCO4)-c1ccccc1[C@@H](O)[C@@H]3N(C)CC2. The fraction of sp³-hybridized carbons (Fsp3) is 0.368. The number of aliphatic hydroxyl groups excluding tert-OH is 1. The maximum absolute atomic E-state index is 11.1. The number of rotatable bonds is 1. The molecule has 124 valence electrons. The number of aliphatic hydroxyl groups is 1. The Kier molecular flexibility index (Phi) is 2.87. The number of hydrogen-bond acceptors (Lipinski definition) is 5. The van der Waals surface area contributed by atoms with Crippen LogP contribution in [0.3, 0.4) is 0 Å². The maximum Gasteiger partial charge on any atom is 0.231 e. The van der Waals surface area contributed by atoms with Crippen LogP contribution in [0, 0.1) is 0 Å². The van der Waals surface area contributed by atoms with E-state index in [2.05, 4.69) is 11.9 Å². The molecular formula is C19H19NO4. The average molecular weight is 325 g/mol. The Bertz CT molecular complexity index is 848. The molecule has 0 aromatic heterocycles. The van der Waals surface area contributed by atoms with Gasteiger partial charge < -0.3 is 19.3 Å². The first-order chi connectivity index (χ1) is 11.7. The predicted molar refractivity (Wildman–Crippen MR) is 88.6 cm³/mol. The van der Waals surface area contributed by atoms with E-state index in [0.29, 0.717) is 5.75 Å². The molecule has 0 fully saturated rings. The van der Waals surface area contributed by atoms with Crippen molar-refractivity contribution in [2.75, 3.05) is 27.5 Å². The zero-order chi connectivity index (χ0) is 16.4. The Morgan fingerprint density at radius 1 is 1.21 bits per heavy atom. The third-order valence-electron chi connectivity index (χ3n) is 5.45. The minimum Gasteiger partial charge on any atom is -0.492 e. The first-order valence-corrected chi connectivity index (χ1v) is 8.22. The van der Waals surface area contributed by atoms with Gasteiger partial charge >= 0.3 is 0 Å². The summed E-state index contributed by atoms with van der Waals surface area (Å²) < 4.78 is 17.3. The molecule has 0 bridgehead atoms. The number of ether oxygens (including phenoxy) is 3. The van der Waals surface area contributed by atoms with E-state index in [4.69, 9.17) is 14.2 Å². The summed E-state index contributed by atoms with van der Waals surface area (Å²) in [6.07, 6.45) is 0.298. The van der Waals surface area contributed by atoms with Crippen LogP contribution in [0.15, 0.2) is 24.3 Å². The van der Waals surface area contributed by atoms with E-state index in [9.17, 15) is 5.11 Å². The summed E-state index contributed by atoms with van der Waals surface area (Å²) >= 11 is 0. The summed E-state index contributed by atoms with van der Waals surface area (Å²) in [6, 6.07) is 7.92. The molecule has 0 saturated heterocycles. The molecule has 2 aromatic rings. The van der Waals surface area contributed by atoms with E-state index < -0.39 is 6.10 Å². The van der Waals surface area contributed by atoms with Crippen molar-refractivity contribution in [1.29, 1.82) is 0 Å². The summed E-state index contributed by atoms with van der Waals surface area (Å²) in [5.74, 6) is 2.19. The molecule has 0 unspecified atom stereocenters. The van der Waals surface area contributed by atoms with Gasteiger partial charge in [-0.05, 0) is 30.2 Å². The van der Waals surface area contributed by atoms with E-state index in [-0.39, 0.29) is 12.8 Å². The van der Waals surface area contributed by atoms with Gasteiger partial charge in [-0.2, -0.15) is 0 Å². The third kappa shape index (κ3) is 1.61. The van der Waals surface area contributed by atoms with Crippen LogP contribution in [-0.2, 0) is 6.42 Å². The van der Waals surface area contributed by atoms with Crippen LogP contribution in [0.2, 0.25) is 0 Å². The van der Waals surface area contributed by atoms with Crippen LogP contribution in [0.1, 0.15) is 28.8 Å². The summed E-state index contributed by atoms with van der Waals surface area (Å²) in [4.78, 5) is 2.22. The Morgan fingerprint density at radius 3 is 2.83 bits per heavy atom. The van der Waals surface area contributed by atoms with Crippen molar-refractivity contribution in [3.63, 3.8) is 0 Å². The molecule has 0 saturated carbocycles. The second-order valence-corrected chi connectivity index (χ2v) is 6.57. The first-order valence-electron chi connectivity index (χ1n) is 8.22. The van der Waals surface area contributed by atoms with Gasteiger partial charge in [0.1, 0.15) is 0 Å². The highest BCUT2D eigenvalue weighted by molar-refractivity contribution is 5.86. The lowest BCUT2D eigenvalue weighted by Gasteiger charge is -2.43. The number of hydrogen-bond donors (Lipinski definition) is 1. The van der Waals surface area contributed by atoms with E-state index in [1.54, 1.807) is 7.11 Å². The van der Waals surface area contributed by atoms with E-state index >= 15 is 0 Å². The minimum absolute atomic E-state index is 0.0953. The van der Waals surface area contributed by atoms with Crippen LogP contribution in [0.4, 0.5) is 0 Å². The number of nitrogens with zero attached hydrogens (tertiary/aromatic N) is 1. The number of likely N-dealkylation sites (N-methyl/N-ethyl adjacent to an activating group) is 1. The fourth-order valence-electron chi connectivity index (χ4n) is 4.42. The van der Waals surface area contributed by atoms with E-state index in [1.165, 1.54) is 0 Å². The van der Waals surface area contributed by atoms with Gasteiger partial charge in [0.25, 0.3) is 0 Å². The smallest absolute Gasteiger partial charge is 0.231 e. The van der Waals surface area contributed by atoms with Gasteiger partial charge in [-0.25, -0.2) is 0 Å². The molecule has 0 radical (unpaired) electrons. The monoisotopic (exact) mass is 325 g/mol. The minimum atomic E-state index is -0.567. The molecule has 2 atom stereocenters. The Hall–Kier alpha value is -2.24. The molecule has 2 heterocycles. The molecule has 0 amide bonds. The number of methoxy groups -OCH3 is 1. The van der Waals surface area contributed by atoms with Crippen molar-refractivity contribution < 1.29 is 19.3 Å². The predicted octanol–water partition coefficient (Wildman–Crippen LogP) is 2.67. The van der Waals surface area contributed by atoms with Crippen molar-refractivity contribution in [2.45, 2.75) is 18.6 Å².